The van der Waals surface area contributed by atoms with Crippen LogP contribution in [0.25, 0.3) is 11.3 Å². The zero-order chi connectivity index (χ0) is 19.9. The Bertz CT molecular complexity index is 936. The van der Waals surface area contributed by atoms with Gasteiger partial charge in [0.2, 0.25) is 0 Å². The minimum atomic E-state index is -0.877. The fourth-order valence-corrected chi connectivity index (χ4v) is 3.23. The van der Waals surface area contributed by atoms with E-state index in [-0.39, 0.29) is 18.1 Å². The topological polar surface area (TPSA) is 68.5 Å². The fourth-order valence-electron chi connectivity index (χ4n) is 2.58. The summed E-state index contributed by atoms with van der Waals surface area (Å²) in [5.74, 6) is -0.262. The number of amides is 1. The second-order valence-electron chi connectivity index (χ2n) is 6.18. The van der Waals surface area contributed by atoms with Gasteiger partial charge in [-0.15, -0.1) is 11.3 Å². The second kappa shape index (κ2) is 9.32. The molecule has 0 radical (unpaired) electrons. The quantitative estimate of drug-likeness (QED) is 0.571. The Morgan fingerprint density at radius 2 is 2.00 bits per heavy atom. The van der Waals surface area contributed by atoms with Gasteiger partial charge in [0.25, 0.3) is 5.91 Å². The number of thiophene rings is 1. The molecule has 0 aliphatic rings. The fraction of sp³-hybridized carbons (Fsp3) is 0.238. The van der Waals surface area contributed by atoms with E-state index < -0.39 is 12.1 Å². The lowest BCUT2D eigenvalue weighted by Crippen LogP contribution is -2.35. The number of hydrogen-bond acceptors (Lipinski definition) is 5. The average molecular weight is 401 g/mol. The summed E-state index contributed by atoms with van der Waals surface area (Å²) in [6, 6.07) is 13.5. The van der Waals surface area contributed by atoms with Gasteiger partial charge in [0.15, 0.2) is 6.10 Å². The van der Waals surface area contributed by atoms with Crippen LogP contribution in [0.1, 0.15) is 24.0 Å². The minimum Gasteiger partial charge on any atom is -0.461 e. The van der Waals surface area contributed by atoms with E-state index in [1.54, 1.807) is 41.7 Å². The number of esters is 1. The predicted molar refractivity (Wildman–Crippen MR) is 104 cm³/mol. The van der Waals surface area contributed by atoms with Crippen molar-refractivity contribution in [2.75, 3.05) is 0 Å². The number of rotatable bonds is 8. The number of carbonyl (C=O) groups is 2. The van der Waals surface area contributed by atoms with Crippen molar-refractivity contribution in [3.8, 4) is 11.3 Å². The van der Waals surface area contributed by atoms with Crippen molar-refractivity contribution in [3.05, 3.63) is 70.4 Å². The highest BCUT2D eigenvalue weighted by Crippen LogP contribution is 2.25. The molecule has 1 N–H and O–H groups in total. The van der Waals surface area contributed by atoms with Crippen molar-refractivity contribution < 1.29 is 23.1 Å². The first-order chi connectivity index (χ1) is 13.5. The van der Waals surface area contributed by atoms with E-state index in [1.165, 1.54) is 13.0 Å². The van der Waals surface area contributed by atoms with Crippen LogP contribution in [0.2, 0.25) is 0 Å². The summed E-state index contributed by atoms with van der Waals surface area (Å²) in [5, 5.41) is 4.66. The highest BCUT2D eigenvalue weighted by Gasteiger charge is 2.18. The van der Waals surface area contributed by atoms with E-state index >= 15 is 0 Å². The molecular weight excluding hydrogens is 381 g/mol. The van der Waals surface area contributed by atoms with Crippen LogP contribution in [0.15, 0.2) is 58.3 Å². The Balaban J connectivity index is 1.45. The van der Waals surface area contributed by atoms with Gasteiger partial charge in [-0.2, -0.15) is 0 Å². The number of benzene rings is 1. The molecule has 3 rings (SSSR count). The molecule has 0 aliphatic heterocycles. The third kappa shape index (κ3) is 5.29. The van der Waals surface area contributed by atoms with Crippen LogP contribution in [0.4, 0.5) is 4.39 Å². The molecule has 5 nitrogen and oxygen atoms in total. The third-order valence-electron chi connectivity index (χ3n) is 4.07. The van der Waals surface area contributed by atoms with Crippen LogP contribution >= 0.6 is 11.3 Å². The van der Waals surface area contributed by atoms with Crippen molar-refractivity contribution in [2.45, 2.75) is 32.4 Å². The molecule has 0 fully saturated rings. The largest absolute Gasteiger partial charge is 0.461 e. The Hall–Kier alpha value is -2.93. The van der Waals surface area contributed by atoms with E-state index in [4.69, 9.17) is 9.15 Å². The highest BCUT2D eigenvalue weighted by molar-refractivity contribution is 7.09. The summed E-state index contributed by atoms with van der Waals surface area (Å²) in [4.78, 5) is 25.0. The van der Waals surface area contributed by atoms with Gasteiger partial charge < -0.3 is 14.5 Å². The smallest absolute Gasteiger partial charge is 0.307 e. The number of carbonyl (C=O) groups excluding carboxylic acids is 2. The molecule has 2 heterocycles. The summed E-state index contributed by atoms with van der Waals surface area (Å²) in [6.07, 6.45) is -0.512. The molecule has 2 aromatic heterocycles. The maximum atomic E-state index is 13.8. The number of hydrogen-bond donors (Lipinski definition) is 1. The van der Waals surface area contributed by atoms with Crippen LogP contribution in [0.5, 0.6) is 0 Å². The average Bonchev–Trinajstić information content (AvgIpc) is 3.36. The molecule has 0 bridgehead atoms. The lowest BCUT2D eigenvalue weighted by Gasteiger charge is -2.13. The molecule has 7 heteroatoms. The number of ether oxygens (including phenoxy) is 1. The van der Waals surface area contributed by atoms with E-state index in [2.05, 4.69) is 5.32 Å². The predicted octanol–water partition coefficient (Wildman–Crippen LogP) is 4.33. The third-order valence-corrected chi connectivity index (χ3v) is 4.95. The van der Waals surface area contributed by atoms with Gasteiger partial charge in [-0.3, -0.25) is 9.59 Å². The number of aryl methyl sites for hydroxylation is 1. The van der Waals surface area contributed by atoms with E-state index in [9.17, 15) is 14.0 Å². The van der Waals surface area contributed by atoms with Gasteiger partial charge >= 0.3 is 5.97 Å². The van der Waals surface area contributed by atoms with Crippen LogP contribution in [0.3, 0.4) is 0 Å². The van der Waals surface area contributed by atoms with Crippen LogP contribution in [0, 0.1) is 5.82 Å². The Kier molecular flexibility index (Phi) is 6.60. The summed E-state index contributed by atoms with van der Waals surface area (Å²) >= 11 is 1.54. The molecule has 28 heavy (non-hydrogen) atoms. The first-order valence-corrected chi connectivity index (χ1v) is 9.74. The number of halogens is 1. The van der Waals surface area contributed by atoms with Gasteiger partial charge in [-0.05, 0) is 42.6 Å². The molecule has 0 saturated carbocycles. The number of furan rings is 1. The molecule has 1 amide bonds. The maximum Gasteiger partial charge on any atom is 0.307 e. The Labute approximate surface area is 166 Å². The van der Waals surface area contributed by atoms with Crippen molar-refractivity contribution >= 4 is 23.2 Å². The van der Waals surface area contributed by atoms with Gasteiger partial charge in [0.05, 0.1) is 18.5 Å². The highest BCUT2D eigenvalue weighted by atomic mass is 32.1. The van der Waals surface area contributed by atoms with Crippen LogP contribution < -0.4 is 5.32 Å². The van der Waals surface area contributed by atoms with Gasteiger partial charge in [-0.25, -0.2) is 4.39 Å². The first-order valence-electron chi connectivity index (χ1n) is 8.86. The zero-order valence-electron chi connectivity index (χ0n) is 15.3. The summed E-state index contributed by atoms with van der Waals surface area (Å²) in [5.41, 5.74) is 0.368. The Morgan fingerprint density at radius 3 is 2.75 bits per heavy atom. The van der Waals surface area contributed by atoms with E-state index in [0.29, 0.717) is 30.0 Å². The van der Waals surface area contributed by atoms with Crippen molar-refractivity contribution in [3.63, 3.8) is 0 Å². The van der Waals surface area contributed by atoms with Crippen molar-refractivity contribution in [1.29, 1.82) is 0 Å². The van der Waals surface area contributed by atoms with Gasteiger partial charge in [0, 0.05) is 11.3 Å². The SMILES string of the molecule is C[C@@H](OC(=O)CCc1ccc(-c2ccccc2F)o1)C(=O)NCc1cccs1. The van der Waals surface area contributed by atoms with Crippen LogP contribution in [-0.2, 0) is 27.3 Å². The normalized spacial score (nSPS) is 11.8. The van der Waals surface area contributed by atoms with Crippen molar-refractivity contribution in [2.24, 2.45) is 0 Å². The summed E-state index contributed by atoms with van der Waals surface area (Å²) < 4.78 is 24.6. The molecule has 0 saturated heterocycles. The van der Waals surface area contributed by atoms with E-state index in [0.717, 1.165) is 4.88 Å². The number of nitrogens with one attached hydrogen (secondary N) is 1. The molecule has 3 aromatic rings. The molecule has 0 unspecified atom stereocenters. The van der Waals surface area contributed by atoms with Crippen molar-refractivity contribution in [1.82, 2.24) is 5.32 Å². The minimum absolute atomic E-state index is 0.0623. The monoisotopic (exact) mass is 401 g/mol. The van der Waals surface area contributed by atoms with Gasteiger partial charge in [0.1, 0.15) is 17.3 Å². The molecule has 0 spiro atoms. The molecule has 0 aliphatic carbocycles. The van der Waals surface area contributed by atoms with Gasteiger partial charge in [-0.1, -0.05) is 18.2 Å². The van der Waals surface area contributed by atoms with E-state index in [1.807, 2.05) is 17.5 Å². The molecule has 1 atom stereocenters. The second-order valence-corrected chi connectivity index (χ2v) is 7.21. The zero-order valence-corrected chi connectivity index (χ0v) is 16.1. The lowest BCUT2D eigenvalue weighted by atomic mass is 10.1. The molecule has 146 valence electrons. The first kappa shape index (κ1) is 19.8. The summed E-state index contributed by atoms with van der Waals surface area (Å²) in [6.45, 7) is 1.94. The molecule has 1 aromatic carbocycles. The maximum absolute atomic E-state index is 13.8. The lowest BCUT2D eigenvalue weighted by molar-refractivity contribution is -0.154. The standard InChI is InChI=1S/C21H20FNO4S/c1-14(21(25)23-13-16-5-4-12-28-16)26-20(24)11-9-15-8-10-19(27-15)17-6-2-3-7-18(17)22/h2-8,10,12,14H,9,11,13H2,1H3,(H,23,25)/t14-/m1/s1. The molecular formula is C21H20FNO4S. The van der Waals surface area contributed by atoms with Crippen LogP contribution in [-0.4, -0.2) is 18.0 Å². The Morgan fingerprint density at radius 1 is 1.18 bits per heavy atom. The summed E-state index contributed by atoms with van der Waals surface area (Å²) in [7, 11) is 0.